The molecule has 1 aromatic rings. The SMILES string of the molecule is Cc1nc(NC(C)C(=O)NC(C)(C)C)sc1C. The summed E-state index contributed by atoms with van der Waals surface area (Å²) in [6, 6.07) is -0.279. The Bertz CT molecular complexity index is 387. The highest BCUT2D eigenvalue weighted by molar-refractivity contribution is 7.15. The minimum atomic E-state index is -0.279. The second-order valence-corrected chi connectivity index (χ2v) is 6.47. The standard InChI is InChI=1S/C12H21N3OS/c1-7-9(3)17-11(13-7)14-8(2)10(16)15-12(4,5)6/h8H,1-6H3,(H,13,14)(H,15,16). The number of carbonyl (C=O) groups excluding carboxylic acids is 1. The van der Waals surface area contributed by atoms with Crippen LogP contribution in [0.25, 0.3) is 0 Å². The van der Waals surface area contributed by atoms with Crippen molar-refractivity contribution in [3.8, 4) is 0 Å². The lowest BCUT2D eigenvalue weighted by molar-refractivity contribution is -0.122. The van der Waals surface area contributed by atoms with Crippen LogP contribution in [0.15, 0.2) is 0 Å². The minimum Gasteiger partial charge on any atom is -0.350 e. The van der Waals surface area contributed by atoms with Crippen LogP contribution < -0.4 is 10.6 Å². The topological polar surface area (TPSA) is 54.0 Å². The molecule has 0 saturated heterocycles. The van der Waals surface area contributed by atoms with E-state index in [0.717, 1.165) is 10.8 Å². The molecule has 0 aliphatic carbocycles. The van der Waals surface area contributed by atoms with E-state index in [-0.39, 0.29) is 17.5 Å². The first-order valence-electron chi connectivity index (χ1n) is 5.71. The molecule has 0 fully saturated rings. The second-order valence-electron chi connectivity index (χ2n) is 5.27. The van der Waals surface area contributed by atoms with Gasteiger partial charge >= 0.3 is 0 Å². The maximum absolute atomic E-state index is 11.9. The van der Waals surface area contributed by atoms with Gasteiger partial charge in [0.2, 0.25) is 5.91 Å². The summed E-state index contributed by atoms with van der Waals surface area (Å²) < 4.78 is 0. The van der Waals surface area contributed by atoms with Crippen LogP contribution in [0.3, 0.4) is 0 Å². The predicted molar refractivity (Wildman–Crippen MR) is 72.6 cm³/mol. The maximum atomic E-state index is 11.9. The quantitative estimate of drug-likeness (QED) is 0.872. The molecular weight excluding hydrogens is 234 g/mol. The lowest BCUT2D eigenvalue weighted by atomic mass is 10.1. The van der Waals surface area contributed by atoms with Gasteiger partial charge in [-0.1, -0.05) is 0 Å². The molecule has 96 valence electrons. The molecule has 1 heterocycles. The van der Waals surface area contributed by atoms with Crippen LogP contribution in [-0.4, -0.2) is 22.5 Å². The number of aryl methyl sites for hydroxylation is 2. The molecule has 1 unspecified atom stereocenters. The number of anilines is 1. The average Bonchev–Trinajstić information content (AvgIpc) is 2.42. The normalized spacial score (nSPS) is 13.3. The lowest BCUT2D eigenvalue weighted by Gasteiger charge is -2.23. The van der Waals surface area contributed by atoms with Gasteiger partial charge in [-0.3, -0.25) is 4.79 Å². The fourth-order valence-electron chi connectivity index (χ4n) is 1.26. The van der Waals surface area contributed by atoms with E-state index in [0.29, 0.717) is 0 Å². The van der Waals surface area contributed by atoms with E-state index >= 15 is 0 Å². The van der Waals surface area contributed by atoms with Crippen LogP contribution in [0.4, 0.5) is 5.13 Å². The van der Waals surface area contributed by atoms with E-state index in [4.69, 9.17) is 0 Å². The molecule has 0 aliphatic heterocycles. The second kappa shape index (κ2) is 5.04. The first-order valence-corrected chi connectivity index (χ1v) is 6.53. The van der Waals surface area contributed by atoms with Crippen LogP contribution in [0.5, 0.6) is 0 Å². The average molecular weight is 255 g/mol. The maximum Gasteiger partial charge on any atom is 0.242 e. The molecule has 0 saturated carbocycles. The number of nitrogens with zero attached hydrogens (tertiary/aromatic N) is 1. The Morgan fingerprint density at radius 3 is 2.35 bits per heavy atom. The van der Waals surface area contributed by atoms with E-state index in [9.17, 15) is 4.79 Å². The summed E-state index contributed by atoms with van der Waals surface area (Å²) in [6.45, 7) is 11.7. The zero-order valence-electron chi connectivity index (χ0n) is 11.3. The number of amides is 1. The molecule has 1 amide bonds. The van der Waals surface area contributed by atoms with Crippen molar-refractivity contribution in [3.63, 3.8) is 0 Å². The number of hydrogen-bond donors (Lipinski definition) is 2. The van der Waals surface area contributed by atoms with Gasteiger partial charge in [-0.2, -0.15) is 0 Å². The zero-order chi connectivity index (χ0) is 13.2. The Morgan fingerprint density at radius 1 is 1.35 bits per heavy atom. The molecule has 1 aromatic heterocycles. The summed E-state index contributed by atoms with van der Waals surface area (Å²) in [5.41, 5.74) is 0.808. The summed E-state index contributed by atoms with van der Waals surface area (Å²) in [4.78, 5) is 17.4. The van der Waals surface area contributed by atoms with Crippen molar-refractivity contribution in [2.24, 2.45) is 0 Å². The van der Waals surface area contributed by atoms with Gasteiger partial charge in [0.25, 0.3) is 0 Å². The zero-order valence-corrected chi connectivity index (χ0v) is 12.2. The van der Waals surface area contributed by atoms with Crippen molar-refractivity contribution in [1.29, 1.82) is 0 Å². The molecule has 4 nitrogen and oxygen atoms in total. The van der Waals surface area contributed by atoms with Crippen LogP contribution in [0, 0.1) is 13.8 Å². The first kappa shape index (κ1) is 14.0. The Hall–Kier alpha value is -1.10. The van der Waals surface area contributed by atoms with Crippen molar-refractivity contribution >= 4 is 22.4 Å². The predicted octanol–water partition coefficient (Wildman–Crippen LogP) is 2.48. The van der Waals surface area contributed by atoms with Crippen molar-refractivity contribution in [3.05, 3.63) is 10.6 Å². The van der Waals surface area contributed by atoms with Gasteiger partial charge in [0, 0.05) is 10.4 Å². The molecule has 0 bridgehead atoms. The summed E-state index contributed by atoms with van der Waals surface area (Å²) >= 11 is 1.58. The van der Waals surface area contributed by atoms with E-state index in [1.54, 1.807) is 11.3 Å². The van der Waals surface area contributed by atoms with Crippen molar-refractivity contribution < 1.29 is 4.79 Å². The van der Waals surface area contributed by atoms with Crippen LogP contribution in [0.1, 0.15) is 38.3 Å². The van der Waals surface area contributed by atoms with Crippen LogP contribution in [-0.2, 0) is 4.79 Å². The fourth-order valence-corrected chi connectivity index (χ4v) is 2.16. The van der Waals surface area contributed by atoms with Gasteiger partial charge < -0.3 is 10.6 Å². The van der Waals surface area contributed by atoms with Gasteiger partial charge in [-0.15, -0.1) is 11.3 Å². The van der Waals surface area contributed by atoms with Crippen molar-refractivity contribution in [2.45, 2.75) is 53.1 Å². The molecule has 0 spiro atoms. The summed E-state index contributed by atoms with van der Waals surface area (Å²) in [5.74, 6) is -0.0111. The summed E-state index contributed by atoms with van der Waals surface area (Å²) in [7, 11) is 0. The third-order valence-corrected chi connectivity index (χ3v) is 3.26. The van der Waals surface area contributed by atoms with Crippen LogP contribution >= 0.6 is 11.3 Å². The highest BCUT2D eigenvalue weighted by Crippen LogP contribution is 2.21. The Kier molecular flexibility index (Phi) is 4.14. The third-order valence-electron chi connectivity index (χ3n) is 2.26. The number of carbonyl (C=O) groups is 1. The number of hydrogen-bond acceptors (Lipinski definition) is 4. The number of nitrogens with one attached hydrogen (secondary N) is 2. The molecular formula is C12H21N3OS. The van der Waals surface area contributed by atoms with Crippen molar-refractivity contribution in [1.82, 2.24) is 10.3 Å². The van der Waals surface area contributed by atoms with Gasteiger partial charge in [0.1, 0.15) is 6.04 Å². The van der Waals surface area contributed by atoms with E-state index in [2.05, 4.69) is 15.6 Å². The fraction of sp³-hybridized carbons (Fsp3) is 0.667. The Balaban J connectivity index is 2.60. The summed E-state index contributed by atoms with van der Waals surface area (Å²) in [5, 5.41) is 6.86. The van der Waals surface area contributed by atoms with Gasteiger partial charge in [0.05, 0.1) is 5.69 Å². The molecule has 5 heteroatoms. The molecule has 1 rings (SSSR count). The number of thiazole rings is 1. The Labute approximate surface area is 107 Å². The largest absolute Gasteiger partial charge is 0.350 e. The highest BCUT2D eigenvalue weighted by Gasteiger charge is 2.19. The first-order chi connectivity index (χ1) is 7.69. The molecule has 0 radical (unpaired) electrons. The van der Waals surface area contributed by atoms with Crippen molar-refractivity contribution in [2.75, 3.05) is 5.32 Å². The minimum absolute atomic E-state index is 0.0111. The number of aromatic nitrogens is 1. The van der Waals surface area contributed by atoms with Gasteiger partial charge in [-0.25, -0.2) is 4.98 Å². The van der Waals surface area contributed by atoms with Gasteiger partial charge in [-0.05, 0) is 41.5 Å². The molecule has 0 aromatic carbocycles. The summed E-state index contributed by atoms with van der Waals surface area (Å²) in [6.07, 6.45) is 0. The molecule has 2 N–H and O–H groups in total. The molecule has 17 heavy (non-hydrogen) atoms. The van der Waals surface area contributed by atoms with E-state index < -0.39 is 0 Å². The Morgan fingerprint density at radius 2 is 1.94 bits per heavy atom. The highest BCUT2D eigenvalue weighted by atomic mass is 32.1. The molecule has 1 atom stereocenters. The van der Waals surface area contributed by atoms with E-state index in [1.807, 2.05) is 41.5 Å². The monoisotopic (exact) mass is 255 g/mol. The van der Waals surface area contributed by atoms with Gasteiger partial charge in [0.15, 0.2) is 5.13 Å². The smallest absolute Gasteiger partial charge is 0.242 e. The number of rotatable bonds is 3. The van der Waals surface area contributed by atoms with E-state index in [1.165, 1.54) is 4.88 Å². The lowest BCUT2D eigenvalue weighted by Crippen LogP contribution is -2.47. The molecule has 0 aliphatic rings. The third kappa shape index (κ3) is 4.34. The van der Waals surface area contributed by atoms with Crippen LogP contribution in [0.2, 0.25) is 0 Å².